The highest BCUT2D eigenvalue weighted by atomic mass is 16.5. The van der Waals surface area contributed by atoms with Crippen molar-refractivity contribution in [3.05, 3.63) is 0 Å². The van der Waals surface area contributed by atoms with Crippen LogP contribution in [-0.4, -0.2) is 73.8 Å². The minimum absolute atomic E-state index is 0.140. The molecule has 0 aliphatic carbocycles. The van der Waals surface area contributed by atoms with Crippen molar-refractivity contribution in [2.75, 3.05) is 46.4 Å². The predicted molar refractivity (Wildman–Crippen MR) is 96.9 cm³/mol. The lowest BCUT2D eigenvalue weighted by atomic mass is 9.65. The minimum Gasteiger partial charge on any atom is -0.379 e. The van der Waals surface area contributed by atoms with Gasteiger partial charge in [-0.15, -0.1) is 0 Å². The van der Waals surface area contributed by atoms with Gasteiger partial charge in [-0.05, 0) is 19.8 Å². The van der Waals surface area contributed by atoms with Crippen LogP contribution in [0.2, 0.25) is 0 Å². The summed E-state index contributed by atoms with van der Waals surface area (Å²) in [5, 5.41) is 3.64. The van der Waals surface area contributed by atoms with Crippen LogP contribution < -0.4 is 5.32 Å². The maximum absolute atomic E-state index is 5.50. The van der Waals surface area contributed by atoms with Crippen molar-refractivity contribution in [1.82, 2.24) is 15.1 Å². The smallest absolute Gasteiger partial charge is 0.194 e. The Labute approximate surface area is 142 Å². The average Bonchev–Trinajstić information content (AvgIpc) is 2.50. The largest absolute Gasteiger partial charge is 0.379 e. The molecular formula is C18H36N4O. The number of morpholine rings is 1. The summed E-state index contributed by atoms with van der Waals surface area (Å²) in [5.74, 6) is 1.65. The van der Waals surface area contributed by atoms with E-state index in [1.165, 1.54) is 0 Å². The summed E-state index contributed by atoms with van der Waals surface area (Å²) in [4.78, 5) is 9.50. The van der Waals surface area contributed by atoms with E-state index in [1.807, 2.05) is 7.05 Å². The van der Waals surface area contributed by atoms with E-state index in [0.29, 0.717) is 17.4 Å². The molecule has 1 N–H and O–H groups in total. The third kappa shape index (κ3) is 3.66. The summed E-state index contributed by atoms with van der Waals surface area (Å²) >= 11 is 0. The molecule has 23 heavy (non-hydrogen) atoms. The Hall–Kier alpha value is -0.810. The van der Waals surface area contributed by atoms with Crippen molar-refractivity contribution in [1.29, 1.82) is 0 Å². The normalized spacial score (nSPS) is 26.1. The molecule has 0 spiro atoms. The zero-order chi connectivity index (χ0) is 17.3. The van der Waals surface area contributed by atoms with E-state index in [-0.39, 0.29) is 5.54 Å². The summed E-state index contributed by atoms with van der Waals surface area (Å²) in [7, 11) is 1.89. The molecule has 5 nitrogen and oxygen atoms in total. The summed E-state index contributed by atoms with van der Waals surface area (Å²) < 4.78 is 5.50. The standard InChI is InChI=1S/C18H36N4O/c1-14(2)15(21-8-10-23-11-9-21)12-20-16(19-7)22-13-17(3,4)18(22,5)6/h14-15H,8-13H2,1-7H3,(H,19,20). The molecular weight excluding hydrogens is 288 g/mol. The van der Waals surface area contributed by atoms with Crippen LogP contribution in [0.5, 0.6) is 0 Å². The van der Waals surface area contributed by atoms with Crippen molar-refractivity contribution in [3.63, 3.8) is 0 Å². The molecule has 0 amide bonds. The Morgan fingerprint density at radius 3 is 2.22 bits per heavy atom. The van der Waals surface area contributed by atoms with Crippen LogP contribution >= 0.6 is 0 Å². The topological polar surface area (TPSA) is 40.1 Å². The second-order valence-electron chi connectivity index (χ2n) is 8.42. The molecule has 0 aromatic carbocycles. The first-order valence-corrected chi connectivity index (χ1v) is 9.01. The summed E-state index contributed by atoms with van der Waals surface area (Å²) in [5.41, 5.74) is 0.466. The van der Waals surface area contributed by atoms with Gasteiger partial charge in [0, 0.05) is 50.2 Å². The van der Waals surface area contributed by atoms with Crippen molar-refractivity contribution in [3.8, 4) is 0 Å². The van der Waals surface area contributed by atoms with Gasteiger partial charge in [-0.2, -0.15) is 0 Å². The Morgan fingerprint density at radius 1 is 1.17 bits per heavy atom. The zero-order valence-corrected chi connectivity index (χ0v) is 16.1. The van der Waals surface area contributed by atoms with Gasteiger partial charge >= 0.3 is 0 Å². The number of nitrogens with one attached hydrogen (secondary N) is 1. The molecule has 2 aliphatic heterocycles. The van der Waals surface area contributed by atoms with Gasteiger partial charge in [-0.1, -0.05) is 27.7 Å². The Balaban J connectivity index is 1.96. The molecule has 0 radical (unpaired) electrons. The van der Waals surface area contributed by atoms with Crippen LogP contribution in [0, 0.1) is 11.3 Å². The number of hydrogen-bond donors (Lipinski definition) is 1. The van der Waals surface area contributed by atoms with Gasteiger partial charge < -0.3 is 15.0 Å². The number of rotatable bonds is 4. The van der Waals surface area contributed by atoms with Gasteiger partial charge in [0.25, 0.3) is 0 Å². The summed E-state index contributed by atoms with van der Waals surface area (Å²) in [6.07, 6.45) is 0. The van der Waals surface area contributed by atoms with Crippen LogP contribution in [0.3, 0.4) is 0 Å². The molecule has 2 saturated heterocycles. The molecule has 0 aromatic rings. The quantitative estimate of drug-likeness (QED) is 0.635. The maximum Gasteiger partial charge on any atom is 0.194 e. The highest BCUT2D eigenvalue weighted by molar-refractivity contribution is 5.82. The van der Waals surface area contributed by atoms with Gasteiger partial charge in [0.2, 0.25) is 0 Å². The van der Waals surface area contributed by atoms with Crippen molar-refractivity contribution in [2.45, 2.75) is 53.1 Å². The van der Waals surface area contributed by atoms with Crippen LogP contribution in [0.4, 0.5) is 0 Å². The monoisotopic (exact) mass is 324 g/mol. The van der Waals surface area contributed by atoms with Crippen molar-refractivity contribution in [2.24, 2.45) is 16.3 Å². The van der Waals surface area contributed by atoms with E-state index >= 15 is 0 Å². The van der Waals surface area contributed by atoms with Crippen LogP contribution in [-0.2, 0) is 4.74 Å². The molecule has 2 heterocycles. The molecule has 134 valence electrons. The van der Waals surface area contributed by atoms with Crippen LogP contribution in [0.1, 0.15) is 41.5 Å². The number of hydrogen-bond acceptors (Lipinski definition) is 3. The first kappa shape index (κ1) is 18.5. The van der Waals surface area contributed by atoms with E-state index in [4.69, 9.17) is 4.74 Å². The second kappa shape index (κ2) is 6.98. The van der Waals surface area contributed by atoms with Crippen LogP contribution in [0.15, 0.2) is 4.99 Å². The lowest BCUT2D eigenvalue weighted by Gasteiger charge is -2.62. The van der Waals surface area contributed by atoms with E-state index < -0.39 is 0 Å². The molecule has 0 saturated carbocycles. The van der Waals surface area contributed by atoms with Crippen molar-refractivity contribution >= 4 is 5.96 Å². The fourth-order valence-corrected chi connectivity index (χ4v) is 3.59. The highest BCUT2D eigenvalue weighted by Crippen LogP contribution is 2.46. The molecule has 1 atom stereocenters. The summed E-state index contributed by atoms with van der Waals surface area (Å²) in [6, 6.07) is 0.521. The van der Waals surface area contributed by atoms with Gasteiger partial charge in [0.15, 0.2) is 5.96 Å². The third-order valence-corrected chi connectivity index (χ3v) is 6.11. The number of ether oxygens (including phenoxy) is 1. The average molecular weight is 325 g/mol. The number of aliphatic imine (C=N–C) groups is 1. The Morgan fingerprint density at radius 2 is 1.78 bits per heavy atom. The van der Waals surface area contributed by atoms with Gasteiger partial charge in [-0.3, -0.25) is 9.89 Å². The van der Waals surface area contributed by atoms with E-state index in [0.717, 1.165) is 45.4 Å². The fraction of sp³-hybridized carbons (Fsp3) is 0.944. The number of likely N-dealkylation sites (tertiary alicyclic amines) is 1. The van der Waals surface area contributed by atoms with Gasteiger partial charge in [0.1, 0.15) is 0 Å². The number of nitrogens with zero attached hydrogens (tertiary/aromatic N) is 3. The lowest BCUT2D eigenvalue weighted by molar-refractivity contribution is -0.0671. The maximum atomic E-state index is 5.50. The van der Waals surface area contributed by atoms with Gasteiger partial charge in [0.05, 0.1) is 13.2 Å². The molecule has 2 rings (SSSR count). The Kier molecular flexibility index (Phi) is 5.62. The fourth-order valence-electron chi connectivity index (χ4n) is 3.59. The zero-order valence-electron chi connectivity index (χ0n) is 16.1. The highest BCUT2D eigenvalue weighted by Gasteiger charge is 2.53. The van der Waals surface area contributed by atoms with Crippen LogP contribution in [0.25, 0.3) is 0 Å². The molecule has 0 bridgehead atoms. The first-order chi connectivity index (χ1) is 10.7. The SMILES string of the molecule is CN=C(NCC(C(C)C)N1CCOCC1)N1CC(C)(C)C1(C)C. The van der Waals surface area contributed by atoms with Gasteiger partial charge in [-0.25, -0.2) is 0 Å². The second-order valence-corrected chi connectivity index (χ2v) is 8.42. The first-order valence-electron chi connectivity index (χ1n) is 9.01. The summed E-state index contributed by atoms with van der Waals surface area (Å²) in [6.45, 7) is 19.7. The molecule has 2 fully saturated rings. The van der Waals surface area contributed by atoms with E-state index in [1.54, 1.807) is 0 Å². The molecule has 2 aliphatic rings. The molecule has 0 aromatic heterocycles. The van der Waals surface area contributed by atoms with E-state index in [9.17, 15) is 0 Å². The Bertz CT molecular complexity index is 425. The molecule has 1 unspecified atom stereocenters. The van der Waals surface area contributed by atoms with E-state index in [2.05, 4.69) is 61.7 Å². The van der Waals surface area contributed by atoms with Crippen molar-refractivity contribution < 1.29 is 4.74 Å². The minimum atomic E-state index is 0.140. The third-order valence-electron chi connectivity index (χ3n) is 6.11. The molecule has 5 heteroatoms. The predicted octanol–water partition coefficient (Wildman–Crippen LogP) is 2.04. The number of guanidine groups is 1. The lowest BCUT2D eigenvalue weighted by Crippen LogP contribution is -2.72.